The van der Waals surface area contributed by atoms with Crippen LogP contribution in [-0.4, -0.2) is 9.38 Å². The Morgan fingerprint density at radius 3 is 2.00 bits per heavy atom. The summed E-state index contributed by atoms with van der Waals surface area (Å²) in [7, 11) is 0. The number of imidazole rings is 1. The van der Waals surface area contributed by atoms with Crippen molar-refractivity contribution in [2.24, 2.45) is 0 Å². The standard InChI is InChI=1S/C41H37N3O/c1-2-3-4-5-6-7-8-9-10-11-12-15-26-24-34(42)39-35(25-26)44-40(43-39)32-22-20-30-28-18-13-16-27-17-14-19-29(36(27)28)31-21-23-33(41(44)45)38(32)37(30)31/h13-14,16-25H,2-11,42H2,1H3. The second-order valence-corrected chi connectivity index (χ2v) is 12.7. The highest BCUT2D eigenvalue weighted by molar-refractivity contribution is 6.37. The van der Waals surface area contributed by atoms with Crippen LogP contribution in [0.3, 0.4) is 0 Å². The number of rotatable bonds is 9. The van der Waals surface area contributed by atoms with Crippen molar-refractivity contribution < 1.29 is 0 Å². The Morgan fingerprint density at radius 2 is 1.29 bits per heavy atom. The molecule has 2 heterocycles. The van der Waals surface area contributed by atoms with Crippen LogP contribution in [0.15, 0.2) is 77.6 Å². The van der Waals surface area contributed by atoms with E-state index in [9.17, 15) is 4.79 Å². The first-order valence-corrected chi connectivity index (χ1v) is 16.6. The van der Waals surface area contributed by atoms with Crippen molar-refractivity contribution in [3.8, 4) is 11.8 Å². The number of nitrogens with zero attached hydrogens (tertiary/aromatic N) is 2. The van der Waals surface area contributed by atoms with Gasteiger partial charge in [0.05, 0.1) is 11.2 Å². The Bertz CT molecular complexity index is 2440. The van der Waals surface area contributed by atoms with E-state index < -0.39 is 0 Å². The predicted octanol–water partition coefficient (Wildman–Crippen LogP) is 10.3. The molecule has 0 spiro atoms. The van der Waals surface area contributed by atoms with E-state index >= 15 is 0 Å². The average Bonchev–Trinajstić information content (AvgIpc) is 3.45. The zero-order valence-electron chi connectivity index (χ0n) is 25.9. The molecule has 8 rings (SSSR count). The van der Waals surface area contributed by atoms with Gasteiger partial charge < -0.3 is 5.73 Å². The van der Waals surface area contributed by atoms with E-state index in [1.54, 1.807) is 4.40 Å². The molecule has 6 aromatic carbocycles. The van der Waals surface area contributed by atoms with Crippen molar-refractivity contribution >= 4 is 76.2 Å². The molecular weight excluding hydrogens is 550 g/mol. The zero-order chi connectivity index (χ0) is 30.5. The number of hydrogen-bond donors (Lipinski definition) is 1. The maximum Gasteiger partial charge on any atom is 0.264 e. The number of hydrogen-bond acceptors (Lipinski definition) is 3. The molecular formula is C41H37N3O. The first-order chi connectivity index (χ1) is 22.2. The molecule has 2 N–H and O–H groups in total. The van der Waals surface area contributed by atoms with E-state index in [1.807, 2.05) is 18.2 Å². The molecule has 45 heavy (non-hydrogen) atoms. The minimum absolute atomic E-state index is 0.0695. The number of unbranched alkanes of at least 4 members (excludes halogenated alkanes) is 9. The van der Waals surface area contributed by atoms with Gasteiger partial charge in [0.25, 0.3) is 5.56 Å². The summed E-state index contributed by atoms with van der Waals surface area (Å²) >= 11 is 0. The van der Waals surface area contributed by atoms with Crippen molar-refractivity contribution in [3.63, 3.8) is 0 Å². The molecule has 0 saturated carbocycles. The highest BCUT2D eigenvalue weighted by Gasteiger charge is 2.21. The molecule has 0 aliphatic rings. The van der Waals surface area contributed by atoms with Crippen LogP contribution in [-0.2, 0) is 0 Å². The molecule has 0 amide bonds. The lowest BCUT2D eigenvalue weighted by Gasteiger charge is -2.16. The maximum atomic E-state index is 14.3. The normalized spacial score (nSPS) is 12.1. The zero-order valence-corrected chi connectivity index (χ0v) is 25.9. The molecule has 0 radical (unpaired) electrons. The fourth-order valence-corrected chi connectivity index (χ4v) is 7.57. The van der Waals surface area contributed by atoms with Crippen LogP contribution in [0.25, 0.3) is 70.5 Å². The molecule has 8 aromatic rings. The fourth-order valence-electron chi connectivity index (χ4n) is 7.57. The van der Waals surface area contributed by atoms with Gasteiger partial charge in [0, 0.05) is 28.1 Å². The van der Waals surface area contributed by atoms with E-state index in [0.717, 1.165) is 50.9 Å². The Morgan fingerprint density at radius 1 is 0.689 bits per heavy atom. The lowest BCUT2D eigenvalue weighted by molar-refractivity contribution is 0.567. The Kier molecular flexibility index (Phi) is 6.91. The molecule has 2 aromatic heterocycles. The third-order valence-electron chi connectivity index (χ3n) is 9.75. The number of pyridine rings is 1. The van der Waals surface area contributed by atoms with Crippen LogP contribution < -0.4 is 11.3 Å². The van der Waals surface area contributed by atoms with Gasteiger partial charge in [-0.25, -0.2) is 4.98 Å². The summed E-state index contributed by atoms with van der Waals surface area (Å²) in [5.41, 5.74) is 9.89. The molecule has 0 unspecified atom stereocenters. The SMILES string of the molecule is CCCCCCCCCCCC#Cc1cc(N)c2nc3c4ccc5c6cccc7cccc(c8ccc(c(=O)n3c2c1)c4c85)c76. The average molecular weight is 588 g/mol. The highest BCUT2D eigenvalue weighted by atomic mass is 16.1. The molecule has 0 aliphatic heterocycles. The number of benzene rings is 6. The van der Waals surface area contributed by atoms with Crippen LogP contribution in [0.4, 0.5) is 5.69 Å². The molecule has 0 saturated heterocycles. The number of anilines is 1. The molecule has 4 heteroatoms. The summed E-state index contributed by atoms with van der Waals surface area (Å²) in [5, 5.41) is 11.0. The molecule has 222 valence electrons. The van der Waals surface area contributed by atoms with Crippen molar-refractivity contribution in [3.05, 3.63) is 88.7 Å². The van der Waals surface area contributed by atoms with E-state index in [2.05, 4.69) is 73.4 Å². The molecule has 4 nitrogen and oxygen atoms in total. The van der Waals surface area contributed by atoms with Crippen molar-refractivity contribution in [1.29, 1.82) is 0 Å². The third kappa shape index (κ3) is 4.45. The summed E-state index contributed by atoms with van der Waals surface area (Å²) in [6, 6.07) is 25.3. The monoisotopic (exact) mass is 587 g/mol. The Labute approximate surface area is 262 Å². The fraction of sp³-hybridized carbons (Fsp3) is 0.268. The summed E-state index contributed by atoms with van der Waals surface area (Å²) in [6.07, 6.45) is 12.6. The van der Waals surface area contributed by atoms with Crippen LogP contribution in [0.1, 0.15) is 76.7 Å². The molecule has 0 atom stereocenters. The van der Waals surface area contributed by atoms with Gasteiger partial charge in [-0.05, 0) is 68.4 Å². The smallest absolute Gasteiger partial charge is 0.264 e. The largest absolute Gasteiger partial charge is 0.397 e. The van der Waals surface area contributed by atoms with Gasteiger partial charge in [-0.3, -0.25) is 9.20 Å². The molecule has 0 fully saturated rings. The Hall–Kier alpha value is -4.88. The second kappa shape index (κ2) is 11.2. The highest BCUT2D eigenvalue weighted by Crippen LogP contribution is 2.43. The number of fused-ring (bicyclic) bond motifs is 6. The summed E-state index contributed by atoms with van der Waals surface area (Å²) in [6.45, 7) is 2.26. The first kappa shape index (κ1) is 27.7. The molecule has 0 bridgehead atoms. The number of aromatic nitrogens is 2. The number of nitrogens with two attached hydrogens (primary N) is 1. The summed E-state index contributed by atoms with van der Waals surface area (Å²) in [5.74, 6) is 6.67. The van der Waals surface area contributed by atoms with E-state index in [0.29, 0.717) is 22.2 Å². The van der Waals surface area contributed by atoms with Crippen LogP contribution in [0.2, 0.25) is 0 Å². The predicted molar refractivity (Wildman–Crippen MR) is 192 cm³/mol. The van der Waals surface area contributed by atoms with Crippen molar-refractivity contribution in [2.45, 2.75) is 71.1 Å². The van der Waals surface area contributed by atoms with Crippen LogP contribution in [0, 0.1) is 11.8 Å². The minimum Gasteiger partial charge on any atom is -0.397 e. The van der Waals surface area contributed by atoms with Crippen LogP contribution >= 0.6 is 0 Å². The van der Waals surface area contributed by atoms with Gasteiger partial charge in [-0.1, -0.05) is 119 Å². The van der Waals surface area contributed by atoms with Crippen molar-refractivity contribution in [2.75, 3.05) is 5.73 Å². The number of nitrogen functional groups attached to an aromatic ring is 1. The van der Waals surface area contributed by atoms with Gasteiger partial charge in [0.15, 0.2) is 0 Å². The van der Waals surface area contributed by atoms with E-state index in [-0.39, 0.29) is 5.56 Å². The lowest BCUT2D eigenvalue weighted by atomic mass is 9.88. The summed E-state index contributed by atoms with van der Waals surface area (Å²) < 4.78 is 1.74. The van der Waals surface area contributed by atoms with E-state index in [1.165, 1.54) is 72.9 Å². The lowest BCUT2D eigenvalue weighted by Crippen LogP contribution is -2.13. The van der Waals surface area contributed by atoms with Gasteiger partial charge in [-0.2, -0.15) is 0 Å². The minimum atomic E-state index is -0.0695. The van der Waals surface area contributed by atoms with Crippen molar-refractivity contribution in [1.82, 2.24) is 9.38 Å². The topological polar surface area (TPSA) is 60.4 Å². The van der Waals surface area contributed by atoms with Crippen LogP contribution in [0.5, 0.6) is 0 Å². The first-order valence-electron chi connectivity index (χ1n) is 16.6. The van der Waals surface area contributed by atoms with E-state index in [4.69, 9.17) is 10.7 Å². The molecule has 0 aliphatic carbocycles. The second-order valence-electron chi connectivity index (χ2n) is 12.7. The van der Waals surface area contributed by atoms with Gasteiger partial charge >= 0.3 is 0 Å². The van der Waals surface area contributed by atoms with Gasteiger partial charge in [0.2, 0.25) is 0 Å². The third-order valence-corrected chi connectivity index (χ3v) is 9.75. The van der Waals surface area contributed by atoms with Gasteiger partial charge in [-0.15, -0.1) is 0 Å². The van der Waals surface area contributed by atoms with Gasteiger partial charge in [0.1, 0.15) is 11.2 Å². The Balaban J connectivity index is 1.19. The summed E-state index contributed by atoms with van der Waals surface area (Å²) in [4.78, 5) is 19.2. The quantitative estimate of drug-likeness (QED) is 0.0601. The maximum absolute atomic E-state index is 14.3.